The van der Waals surface area contributed by atoms with Crippen LogP contribution in [0.15, 0.2) is 0 Å². The van der Waals surface area contributed by atoms with Crippen LogP contribution >= 0.6 is 0 Å². The molecule has 0 aliphatic carbocycles. The van der Waals surface area contributed by atoms with E-state index in [1.54, 1.807) is 13.8 Å². The second-order valence-electron chi connectivity index (χ2n) is 25.3. The number of nitrogens with two attached hydrogens (primary N) is 2. The van der Waals surface area contributed by atoms with Crippen LogP contribution in [0.2, 0.25) is 0 Å². The normalized spacial score (nSPS) is 49.3. The van der Waals surface area contributed by atoms with Gasteiger partial charge in [0.2, 0.25) is 0 Å². The summed E-state index contributed by atoms with van der Waals surface area (Å²) in [6.07, 6.45) is -55.4. The first-order chi connectivity index (χ1) is 45.6. The molecule has 8 saturated heterocycles. The van der Waals surface area contributed by atoms with Gasteiger partial charge >= 0.3 is 0 Å². The first-order valence-electron chi connectivity index (χ1n) is 32.2. The summed E-state index contributed by atoms with van der Waals surface area (Å²) < 4.78 is 93.5. The fourth-order valence-electron chi connectivity index (χ4n) is 12.3. The summed E-state index contributed by atoms with van der Waals surface area (Å²) >= 11 is 0. The summed E-state index contributed by atoms with van der Waals surface area (Å²) in [6.45, 7) is 4.22. The van der Waals surface area contributed by atoms with E-state index in [2.05, 4.69) is 0 Å². The molecule has 39 heteroatoms. The summed E-state index contributed by atoms with van der Waals surface area (Å²) in [5.74, 6) is -2.38. The van der Waals surface area contributed by atoms with E-state index in [4.69, 9.17) is 87.3 Å². The van der Waals surface area contributed by atoms with Crippen molar-refractivity contribution in [3.8, 4) is 0 Å². The highest BCUT2D eigenvalue weighted by Crippen LogP contribution is 2.40. The third kappa shape index (κ3) is 19.7. The zero-order chi connectivity index (χ0) is 70.9. The van der Waals surface area contributed by atoms with Crippen LogP contribution < -0.4 is 11.5 Å². The lowest BCUT2D eigenvalue weighted by molar-refractivity contribution is -0.403. The highest BCUT2D eigenvalue weighted by Gasteiger charge is 2.59. The second-order valence-corrected chi connectivity index (χ2v) is 25.3. The highest BCUT2D eigenvalue weighted by atomic mass is 16.8. The number of aliphatic hydroxyl groups is 21. The monoisotopic (exact) mass is 1440 g/mol. The van der Waals surface area contributed by atoms with Crippen molar-refractivity contribution in [1.82, 2.24) is 0 Å². The Labute approximate surface area is 566 Å². The minimum Gasteiger partial charge on any atom is -0.394 e. The number of ether oxygens (including phenoxy) is 16. The minimum atomic E-state index is -1.94. The number of aliphatic hydroxyl groups excluding tert-OH is 21. The van der Waals surface area contributed by atoms with Crippen molar-refractivity contribution >= 4 is 0 Å². The predicted molar refractivity (Wildman–Crippen MR) is 323 cm³/mol. The Morgan fingerprint density at radius 1 is 0.255 bits per heavy atom. The summed E-state index contributed by atoms with van der Waals surface area (Å²) in [6, 6.07) is 0. The van der Waals surface area contributed by atoms with Gasteiger partial charge in [0.25, 0.3) is 0 Å². The van der Waals surface area contributed by atoms with Crippen LogP contribution in [-0.2, 0) is 75.8 Å². The van der Waals surface area contributed by atoms with Crippen molar-refractivity contribution in [2.75, 3.05) is 65.9 Å². The van der Waals surface area contributed by atoms with E-state index in [9.17, 15) is 107 Å². The standard InChI is InChI=1S/C29H53NO18.C28H51NO19.2CH4/c1-10-16(34)19(37)13(7-31)43-27(10)47-24-20(38)14(8-32)44-29(25(24)48-28-22(40)21(39)18(36)12(3)42-28)46-23-15(9-33)45-26(11(2)17(23)35)41-6-4-5-30;1-9-14(33)22(13(8-32)45-25(9)41-5-3-4-29)46-28-24(48-26-20(39)18(37)15(34)10(2)42-26)23(17(36)12(7-31)44-28)47-27-21(40)19(38)16(35)11(6-30)43-27;;/h10-29,31-40H,4-9,30H2,1-3H3;9-28,30-40H,3-8,29H2,1-2H3;2*1H4/t10?,11?,12?,13?,14?,15?,16-,17-,18-,19+,20+,21+,22?,23-,24+,25?,26-,27-,28+,29+;9?,10?,11?,12?,13?,14-,15-,16+,17+,18+,19+,20?,21?,22-,23+,24?,25-,26+,27-,28+;;/m11../s1. The maximum Gasteiger partial charge on any atom is 0.187 e. The molecule has 0 amide bonds. The van der Waals surface area contributed by atoms with Crippen LogP contribution in [0.25, 0.3) is 0 Å². The third-order valence-electron chi connectivity index (χ3n) is 18.6. The lowest BCUT2D eigenvalue weighted by Gasteiger charge is -2.51. The SMILES string of the molecule is C.C.CC1O[C@@H](OC2[C@H](O[C@@H]3C(CO)O[C@@H](OCCCN)C(C)[C@H]3O)OC(CO)[C@H](O)[C@@H]2O[C@H]2OC(CO)[C@H](O)[C@H](O)C2C)C(O)[C@@H](O)[C@@H]1O.CC1O[C@@H](OC2[C@H](O[C@@H]3C(CO)O[C@@H](OCCCN)C(C)[C@H]3O)OC(CO)[C@H](O)[C@@H]2O[C@H]2OC(CO)[C@H](O)[C@H](O)C2O)C(O)[C@@H](O)[C@@H]1O. The molecule has 0 spiro atoms. The summed E-state index contributed by atoms with van der Waals surface area (Å²) in [5.41, 5.74) is 11.1. The Morgan fingerprint density at radius 3 is 0.878 bits per heavy atom. The van der Waals surface area contributed by atoms with Gasteiger partial charge in [-0.1, -0.05) is 35.6 Å². The molecule has 580 valence electrons. The molecule has 98 heavy (non-hydrogen) atoms. The minimum absolute atomic E-state index is 0. The molecule has 0 aromatic carbocycles. The van der Waals surface area contributed by atoms with Gasteiger partial charge in [-0.15, -0.1) is 0 Å². The Morgan fingerprint density at radius 2 is 0.520 bits per heavy atom. The molecular weight excluding hydrogens is 1330 g/mol. The van der Waals surface area contributed by atoms with Crippen LogP contribution in [0.3, 0.4) is 0 Å². The first-order valence-corrected chi connectivity index (χ1v) is 32.2. The zero-order valence-corrected chi connectivity index (χ0v) is 53.7. The van der Waals surface area contributed by atoms with Gasteiger partial charge < -0.3 is 194 Å². The molecule has 0 aromatic rings. The molecule has 8 heterocycles. The molecule has 39 nitrogen and oxygen atoms in total. The lowest BCUT2D eigenvalue weighted by Crippen LogP contribution is -2.68. The Hall–Kier alpha value is -1.56. The first kappa shape index (κ1) is 87.1. The molecule has 8 rings (SSSR count). The van der Waals surface area contributed by atoms with E-state index in [0.29, 0.717) is 25.9 Å². The average molecular weight is 1440 g/mol. The summed E-state index contributed by atoms with van der Waals surface area (Å²) in [7, 11) is 0. The van der Waals surface area contributed by atoms with Crippen molar-refractivity contribution < 1.29 is 183 Å². The van der Waals surface area contributed by atoms with E-state index in [0.717, 1.165) is 0 Å². The van der Waals surface area contributed by atoms with Gasteiger partial charge in [0, 0.05) is 17.8 Å². The lowest BCUT2D eigenvalue weighted by atomic mass is 9.91. The maximum atomic E-state index is 11.4. The van der Waals surface area contributed by atoms with Gasteiger partial charge in [-0.3, -0.25) is 0 Å². The average Bonchev–Trinajstić information content (AvgIpc) is 0.768. The van der Waals surface area contributed by atoms with Gasteiger partial charge in [-0.25, -0.2) is 0 Å². The van der Waals surface area contributed by atoms with Crippen molar-refractivity contribution in [1.29, 1.82) is 0 Å². The molecule has 0 saturated carbocycles. The van der Waals surface area contributed by atoms with Crippen molar-refractivity contribution in [2.24, 2.45) is 29.2 Å². The second kappa shape index (κ2) is 39.7. The van der Waals surface area contributed by atoms with Crippen LogP contribution in [0, 0.1) is 17.8 Å². The van der Waals surface area contributed by atoms with E-state index < -0.39 is 285 Å². The van der Waals surface area contributed by atoms with Gasteiger partial charge in [-0.2, -0.15) is 0 Å². The molecule has 16 unspecified atom stereocenters. The third-order valence-corrected chi connectivity index (χ3v) is 18.6. The fourth-order valence-corrected chi connectivity index (χ4v) is 12.3. The van der Waals surface area contributed by atoms with E-state index in [-0.39, 0.29) is 28.1 Å². The quantitative estimate of drug-likeness (QED) is 0.0358. The van der Waals surface area contributed by atoms with Crippen LogP contribution in [0.4, 0.5) is 0 Å². The predicted octanol–water partition coefficient (Wildman–Crippen LogP) is -11.6. The molecule has 8 aliphatic heterocycles. The zero-order valence-electron chi connectivity index (χ0n) is 53.7. The van der Waals surface area contributed by atoms with Crippen LogP contribution in [0.1, 0.15) is 62.3 Å². The number of hydrogen-bond donors (Lipinski definition) is 23. The molecule has 8 aliphatic rings. The fraction of sp³-hybridized carbons (Fsp3) is 1.00. The smallest absolute Gasteiger partial charge is 0.187 e. The molecule has 0 aromatic heterocycles. The van der Waals surface area contributed by atoms with E-state index in [1.165, 1.54) is 20.8 Å². The van der Waals surface area contributed by atoms with E-state index >= 15 is 0 Å². The topological polar surface area (TPSA) is 625 Å². The van der Waals surface area contributed by atoms with Crippen LogP contribution in [-0.4, -0.2) is 401 Å². The molecule has 8 fully saturated rings. The summed E-state index contributed by atoms with van der Waals surface area (Å²) in [4.78, 5) is 0. The Balaban J connectivity index is 0.000000347. The van der Waals surface area contributed by atoms with Gasteiger partial charge in [-0.05, 0) is 39.8 Å². The maximum absolute atomic E-state index is 11.4. The molecule has 0 bridgehead atoms. The number of hydrogen-bond acceptors (Lipinski definition) is 39. The van der Waals surface area contributed by atoms with Crippen LogP contribution in [0.5, 0.6) is 0 Å². The Bertz CT molecular complexity index is 2080. The number of rotatable bonds is 26. The van der Waals surface area contributed by atoms with Gasteiger partial charge in [0.05, 0.1) is 83.4 Å². The Kier molecular flexibility index (Phi) is 35.3. The largest absolute Gasteiger partial charge is 0.394 e. The highest BCUT2D eigenvalue weighted by molar-refractivity contribution is 5.01. The van der Waals surface area contributed by atoms with Gasteiger partial charge in [0.1, 0.15) is 146 Å². The molecular formula is C59H112N2O37. The van der Waals surface area contributed by atoms with Crippen molar-refractivity contribution in [2.45, 2.75) is 290 Å². The van der Waals surface area contributed by atoms with Crippen molar-refractivity contribution in [3.05, 3.63) is 0 Å². The van der Waals surface area contributed by atoms with E-state index in [1.807, 2.05) is 0 Å². The molecule has 25 N–H and O–H groups in total. The summed E-state index contributed by atoms with van der Waals surface area (Å²) in [5, 5.41) is 220. The van der Waals surface area contributed by atoms with Gasteiger partial charge in [0.15, 0.2) is 50.3 Å². The van der Waals surface area contributed by atoms with Crippen molar-refractivity contribution in [3.63, 3.8) is 0 Å². The molecule has 0 radical (unpaired) electrons. The molecule has 40 atom stereocenters.